The smallest absolute Gasteiger partial charge is 0.202 e. The maximum atomic E-state index is 5.04. The van der Waals surface area contributed by atoms with Gasteiger partial charge < -0.3 is 4.74 Å². The first-order valence-corrected chi connectivity index (χ1v) is 2.92. The summed E-state index contributed by atoms with van der Waals surface area (Å²) in [5, 5.41) is 5.72. The van der Waals surface area contributed by atoms with Crippen molar-refractivity contribution < 1.29 is 4.74 Å². The van der Waals surface area contributed by atoms with Gasteiger partial charge in [-0.1, -0.05) is 0 Å². The van der Waals surface area contributed by atoms with Crippen molar-refractivity contribution in [3.63, 3.8) is 0 Å². The highest BCUT2D eigenvalue weighted by Gasteiger charge is 2.13. The normalized spacial score (nSPS) is 19.2. The Morgan fingerprint density at radius 3 is 3.11 bits per heavy atom. The van der Waals surface area contributed by atoms with Gasteiger partial charge in [0.05, 0.1) is 6.54 Å². The fraction of sp³-hybridized carbons (Fsp3) is 0.500. The lowest BCUT2D eigenvalue weighted by Crippen LogP contribution is -2.09. The monoisotopic (exact) mass is 126 g/mol. The minimum atomic E-state index is 0.646. The zero-order chi connectivity index (χ0) is 6.69. The predicted octanol–water partition coefficient (Wildman–Crippen LogP) is 0.795. The van der Waals surface area contributed by atoms with Crippen molar-refractivity contribution in [2.24, 2.45) is 5.10 Å². The molecule has 9 heavy (non-hydrogen) atoms. The topological polar surface area (TPSA) is 24.8 Å². The molecule has 1 rings (SSSR count). The molecule has 1 saturated heterocycles. The lowest BCUT2D eigenvalue weighted by Gasteiger charge is -2.06. The molecule has 0 aromatic rings. The molecule has 0 aliphatic carbocycles. The summed E-state index contributed by atoms with van der Waals surface area (Å²) in [6.45, 7) is 7.04. The summed E-state index contributed by atoms with van der Waals surface area (Å²) in [6.07, 6.45) is 1.72. The van der Waals surface area contributed by atoms with E-state index in [-0.39, 0.29) is 0 Å². The molecule has 0 spiro atoms. The van der Waals surface area contributed by atoms with E-state index < -0.39 is 0 Å². The van der Waals surface area contributed by atoms with Gasteiger partial charge in [-0.05, 0) is 13.5 Å². The lowest BCUT2D eigenvalue weighted by molar-refractivity contribution is 0.239. The van der Waals surface area contributed by atoms with Gasteiger partial charge in [-0.25, -0.2) is 5.01 Å². The van der Waals surface area contributed by atoms with E-state index in [0.29, 0.717) is 12.5 Å². The Labute approximate surface area is 54.6 Å². The quantitative estimate of drug-likeness (QED) is 0.485. The molecule has 0 aromatic heterocycles. The minimum absolute atomic E-state index is 0.646. The lowest BCUT2D eigenvalue weighted by atomic mass is 10.7. The minimum Gasteiger partial charge on any atom is -0.476 e. The predicted molar refractivity (Wildman–Crippen MR) is 36.0 cm³/mol. The number of nitrogens with zero attached hydrogens (tertiary/aromatic N) is 2. The van der Waals surface area contributed by atoms with Crippen LogP contribution in [0.1, 0.15) is 6.92 Å². The molecule has 0 atom stereocenters. The standard InChI is InChI=1S/C6H10N2O/c1-3-7-8-4-5-9-6(8)2/h3H,2,4-5H2,1H3/b7-3-. The van der Waals surface area contributed by atoms with Gasteiger partial charge in [0.1, 0.15) is 6.61 Å². The molecule has 3 nitrogen and oxygen atoms in total. The largest absolute Gasteiger partial charge is 0.476 e. The van der Waals surface area contributed by atoms with Crippen LogP contribution in [0.2, 0.25) is 0 Å². The number of hydrogen-bond acceptors (Lipinski definition) is 3. The van der Waals surface area contributed by atoms with Crippen LogP contribution in [-0.4, -0.2) is 24.4 Å². The van der Waals surface area contributed by atoms with Gasteiger partial charge in [-0.3, -0.25) is 0 Å². The maximum Gasteiger partial charge on any atom is 0.202 e. The first-order valence-electron chi connectivity index (χ1n) is 2.92. The fourth-order valence-electron chi connectivity index (χ4n) is 0.711. The summed E-state index contributed by atoms with van der Waals surface area (Å²) < 4.78 is 5.04. The Morgan fingerprint density at radius 2 is 2.67 bits per heavy atom. The Kier molecular flexibility index (Phi) is 1.72. The van der Waals surface area contributed by atoms with Gasteiger partial charge in [-0.15, -0.1) is 0 Å². The van der Waals surface area contributed by atoms with Gasteiger partial charge in [0.15, 0.2) is 0 Å². The van der Waals surface area contributed by atoms with E-state index >= 15 is 0 Å². The maximum absolute atomic E-state index is 5.04. The molecular formula is C6H10N2O. The van der Waals surface area contributed by atoms with Crippen LogP contribution in [0.4, 0.5) is 0 Å². The van der Waals surface area contributed by atoms with Crippen LogP contribution < -0.4 is 0 Å². The van der Waals surface area contributed by atoms with Crippen LogP contribution in [0.15, 0.2) is 17.6 Å². The second kappa shape index (κ2) is 2.53. The summed E-state index contributed by atoms with van der Waals surface area (Å²) in [7, 11) is 0. The Balaban J connectivity index is 2.49. The molecule has 0 aromatic carbocycles. The van der Waals surface area contributed by atoms with Crippen molar-refractivity contribution in [1.29, 1.82) is 0 Å². The van der Waals surface area contributed by atoms with Gasteiger partial charge in [-0.2, -0.15) is 5.10 Å². The molecule has 1 fully saturated rings. The summed E-state index contributed by atoms with van der Waals surface area (Å²) in [5.41, 5.74) is 0. The molecule has 0 saturated carbocycles. The molecule has 1 aliphatic rings. The van der Waals surface area contributed by atoms with E-state index in [4.69, 9.17) is 4.74 Å². The van der Waals surface area contributed by atoms with Crippen molar-refractivity contribution >= 4 is 6.21 Å². The average molecular weight is 126 g/mol. The van der Waals surface area contributed by atoms with Crippen LogP contribution in [0.5, 0.6) is 0 Å². The Hall–Kier alpha value is -0.990. The molecule has 0 bridgehead atoms. The van der Waals surface area contributed by atoms with E-state index in [1.807, 2.05) is 6.92 Å². The third kappa shape index (κ3) is 1.22. The zero-order valence-electron chi connectivity index (χ0n) is 5.50. The van der Waals surface area contributed by atoms with E-state index in [1.165, 1.54) is 0 Å². The van der Waals surface area contributed by atoms with Crippen LogP contribution in [0.3, 0.4) is 0 Å². The molecule has 50 valence electrons. The van der Waals surface area contributed by atoms with E-state index in [9.17, 15) is 0 Å². The van der Waals surface area contributed by atoms with Crippen LogP contribution in [-0.2, 0) is 4.74 Å². The van der Waals surface area contributed by atoms with E-state index in [2.05, 4.69) is 11.7 Å². The van der Waals surface area contributed by atoms with Crippen molar-refractivity contribution in [2.45, 2.75) is 6.92 Å². The van der Waals surface area contributed by atoms with E-state index in [1.54, 1.807) is 11.2 Å². The molecule has 0 unspecified atom stereocenters. The molecule has 1 aliphatic heterocycles. The van der Waals surface area contributed by atoms with Crippen LogP contribution in [0, 0.1) is 0 Å². The zero-order valence-corrected chi connectivity index (χ0v) is 5.50. The first-order chi connectivity index (χ1) is 4.34. The molecule has 0 N–H and O–H groups in total. The van der Waals surface area contributed by atoms with Gasteiger partial charge in [0.2, 0.25) is 5.88 Å². The average Bonchev–Trinajstić information content (AvgIpc) is 2.18. The fourth-order valence-corrected chi connectivity index (χ4v) is 0.711. The van der Waals surface area contributed by atoms with Gasteiger partial charge in [0.25, 0.3) is 0 Å². The summed E-state index contributed by atoms with van der Waals surface area (Å²) in [4.78, 5) is 0. The van der Waals surface area contributed by atoms with Crippen molar-refractivity contribution in [2.75, 3.05) is 13.2 Å². The SMILES string of the molecule is C=C1OCCN1/N=C\C. The highest BCUT2D eigenvalue weighted by molar-refractivity contribution is 5.52. The molecule has 3 heteroatoms. The third-order valence-electron chi connectivity index (χ3n) is 1.11. The highest BCUT2D eigenvalue weighted by atomic mass is 16.5. The van der Waals surface area contributed by atoms with Crippen molar-refractivity contribution in [3.8, 4) is 0 Å². The second-order valence-electron chi connectivity index (χ2n) is 1.74. The van der Waals surface area contributed by atoms with Gasteiger partial charge >= 0.3 is 0 Å². The number of hydrogen-bond donors (Lipinski definition) is 0. The summed E-state index contributed by atoms with van der Waals surface area (Å²) in [5.74, 6) is 0.646. The number of rotatable bonds is 1. The number of ether oxygens (including phenoxy) is 1. The van der Waals surface area contributed by atoms with Crippen LogP contribution in [0.25, 0.3) is 0 Å². The summed E-state index contributed by atoms with van der Waals surface area (Å²) in [6, 6.07) is 0. The summed E-state index contributed by atoms with van der Waals surface area (Å²) >= 11 is 0. The highest BCUT2D eigenvalue weighted by Crippen LogP contribution is 2.10. The van der Waals surface area contributed by atoms with Gasteiger partial charge in [0, 0.05) is 6.21 Å². The third-order valence-corrected chi connectivity index (χ3v) is 1.11. The molecule has 1 heterocycles. The molecular weight excluding hydrogens is 116 g/mol. The van der Waals surface area contributed by atoms with Crippen molar-refractivity contribution in [3.05, 3.63) is 12.5 Å². The first kappa shape index (κ1) is 6.13. The van der Waals surface area contributed by atoms with E-state index in [0.717, 1.165) is 6.54 Å². The Bertz CT molecular complexity index is 142. The number of hydrazone groups is 1. The molecule has 0 radical (unpaired) electrons. The Morgan fingerprint density at radius 1 is 1.89 bits per heavy atom. The van der Waals surface area contributed by atoms with Crippen molar-refractivity contribution in [1.82, 2.24) is 5.01 Å². The molecule has 0 amide bonds. The van der Waals surface area contributed by atoms with Crippen LogP contribution >= 0.6 is 0 Å². The second-order valence-corrected chi connectivity index (χ2v) is 1.74.